The highest BCUT2D eigenvalue weighted by molar-refractivity contribution is 6.32. The van der Waals surface area contributed by atoms with E-state index >= 15 is 0 Å². The van der Waals surface area contributed by atoms with E-state index in [0.29, 0.717) is 22.7 Å². The molecular weight excluding hydrogens is 272 g/mol. The van der Waals surface area contributed by atoms with Crippen LogP contribution in [-0.2, 0) is 0 Å². The van der Waals surface area contributed by atoms with Gasteiger partial charge in [-0.2, -0.15) is 4.98 Å². The summed E-state index contributed by atoms with van der Waals surface area (Å²) in [7, 11) is 0. The first-order chi connectivity index (χ1) is 9.61. The monoisotopic (exact) mass is 290 g/mol. The van der Waals surface area contributed by atoms with Gasteiger partial charge in [0.05, 0.1) is 6.20 Å². The van der Waals surface area contributed by atoms with Crippen molar-refractivity contribution in [1.29, 1.82) is 0 Å². The highest BCUT2D eigenvalue weighted by atomic mass is 35.5. The van der Waals surface area contributed by atoms with E-state index in [2.05, 4.69) is 40.5 Å². The molecule has 0 spiro atoms. The first kappa shape index (κ1) is 14.6. The number of hydrogen-bond donors (Lipinski definition) is 2. The van der Waals surface area contributed by atoms with Crippen molar-refractivity contribution in [3.05, 3.63) is 41.0 Å². The summed E-state index contributed by atoms with van der Waals surface area (Å²) >= 11 is 6.16. The lowest BCUT2D eigenvalue weighted by Crippen LogP contribution is -2.05. The summed E-state index contributed by atoms with van der Waals surface area (Å²) in [5.41, 5.74) is 2.25. The zero-order valence-electron chi connectivity index (χ0n) is 11.9. The SMILES string of the molecule is CCNc1ncc(Cl)c(Nc2ccccc2C(C)C)n1. The first-order valence-electron chi connectivity index (χ1n) is 6.74. The summed E-state index contributed by atoms with van der Waals surface area (Å²) in [6.07, 6.45) is 1.60. The number of rotatable bonds is 5. The van der Waals surface area contributed by atoms with Crippen molar-refractivity contribution in [1.82, 2.24) is 9.97 Å². The lowest BCUT2D eigenvalue weighted by Gasteiger charge is -2.15. The third-order valence-corrected chi connectivity index (χ3v) is 3.19. The molecular formula is C15H19ClN4. The molecule has 0 unspecified atom stereocenters. The molecule has 2 N–H and O–H groups in total. The number of benzene rings is 1. The molecule has 0 aliphatic carbocycles. The van der Waals surface area contributed by atoms with Crippen LogP contribution >= 0.6 is 11.6 Å². The van der Waals surface area contributed by atoms with E-state index in [-0.39, 0.29) is 0 Å². The molecule has 0 amide bonds. The van der Waals surface area contributed by atoms with Gasteiger partial charge in [-0.05, 0) is 24.5 Å². The van der Waals surface area contributed by atoms with Crippen molar-refractivity contribution < 1.29 is 0 Å². The number of para-hydroxylation sites is 1. The number of halogens is 1. The van der Waals surface area contributed by atoms with Crippen molar-refractivity contribution in [3.63, 3.8) is 0 Å². The summed E-state index contributed by atoms with van der Waals surface area (Å²) < 4.78 is 0. The van der Waals surface area contributed by atoms with Crippen LogP contribution in [0.1, 0.15) is 32.3 Å². The molecule has 4 nitrogen and oxygen atoms in total. The Bertz CT molecular complexity index is 584. The van der Waals surface area contributed by atoms with Gasteiger partial charge < -0.3 is 10.6 Å². The van der Waals surface area contributed by atoms with Crippen LogP contribution in [0.15, 0.2) is 30.5 Å². The topological polar surface area (TPSA) is 49.8 Å². The number of hydrogen-bond acceptors (Lipinski definition) is 4. The molecule has 1 aromatic carbocycles. The van der Waals surface area contributed by atoms with Crippen LogP contribution in [0.5, 0.6) is 0 Å². The normalized spacial score (nSPS) is 10.7. The Morgan fingerprint density at radius 3 is 2.70 bits per heavy atom. The summed E-state index contributed by atoms with van der Waals surface area (Å²) in [5, 5.41) is 6.88. The summed E-state index contributed by atoms with van der Waals surface area (Å²) in [6.45, 7) is 7.08. The molecule has 2 aromatic rings. The molecule has 1 aromatic heterocycles. The molecule has 0 aliphatic rings. The van der Waals surface area contributed by atoms with Gasteiger partial charge in [-0.3, -0.25) is 0 Å². The van der Waals surface area contributed by atoms with Crippen molar-refractivity contribution in [3.8, 4) is 0 Å². The third-order valence-electron chi connectivity index (χ3n) is 2.91. The van der Waals surface area contributed by atoms with Gasteiger partial charge in [0, 0.05) is 12.2 Å². The van der Waals surface area contributed by atoms with Gasteiger partial charge in [-0.1, -0.05) is 43.6 Å². The Balaban J connectivity index is 2.32. The molecule has 20 heavy (non-hydrogen) atoms. The Kier molecular flexibility index (Phi) is 4.79. The van der Waals surface area contributed by atoms with Crippen molar-refractivity contribution in [2.24, 2.45) is 0 Å². The molecule has 0 fully saturated rings. The Morgan fingerprint density at radius 1 is 1.25 bits per heavy atom. The average Bonchev–Trinajstić information content (AvgIpc) is 2.43. The highest BCUT2D eigenvalue weighted by Crippen LogP contribution is 2.29. The number of nitrogens with one attached hydrogen (secondary N) is 2. The van der Waals surface area contributed by atoms with Gasteiger partial charge in [-0.15, -0.1) is 0 Å². The fourth-order valence-electron chi connectivity index (χ4n) is 1.94. The zero-order valence-corrected chi connectivity index (χ0v) is 12.7. The van der Waals surface area contributed by atoms with Crippen LogP contribution in [-0.4, -0.2) is 16.5 Å². The Labute approximate surface area is 124 Å². The fraction of sp³-hybridized carbons (Fsp3) is 0.333. The van der Waals surface area contributed by atoms with Crippen LogP contribution < -0.4 is 10.6 Å². The quantitative estimate of drug-likeness (QED) is 0.855. The second-order valence-corrected chi connectivity index (χ2v) is 5.19. The average molecular weight is 291 g/mol. The number of aromatic nitrogens is 2. The largest absolute Gasteiger partial charge is 0.354 e. The molecule has 0 radical (unpaired) electrons. The van der Waals surface area contributed by atoms with Gasteiger partial charge in [0.2, 0.25) is 5.95 Å². The lowest BCUT2D eigenvalue weighted by molar-refractivity contribution is 0.869. The van der Waals surface area contributed by atoms with Crippen molar-refractivity contribution in [2.45, 2.75) is 26.7 Å². The number of anilines is 3. The van der Waals surface area contributed by atoms with Gasteiger partial charge in [-0.25, -0.2) is 4.98 Å². The molecule has 0 aliphatic heterocycles. The Hall–Kier alpha value is -1.81. The summed E-state index contributed by atoms with van der Waals surface area (Å²) in [6, 6.07) is 8.16. The smallest absolute Gasteiger partial charge is 0.224 e. The molecule has 0 atom stereocenters. The van der Waals surface area contributed by atoms with E-state index < -0.39 is 0 Å². The van der Waals surface area contributed by atoms with E-state index in [0.717, 1.165) is 12.2 Å². The van der Waals surface area contributed by atoms with Crippen LogP contribution in [0, 0.1) is 0 Å². The van der Waals surface area contributed by atoms with Crippen molar-refractivity contribution in [2.75, 3.05) is 17.2 Å². The molecule has 106 valence electrons. The summed E-state index contributed by atoms with van der Waals surface area (Å²) in [5.74, 6) is 1.61. The van der Waals surface area contributed by atoms with E-state index in [4.69, 9.17) is 11.6 Å². The van der Waals surface area contributed by atoms with E-state index in [1.807, 2.05) is 25.1 Å². The van der Waals surface area contributed by atoms with Gasteiger partial charge in [0.15, 0.2) is 5.82 Å². The minimum absolute atomic E-state index is 0.424. The maximum atomic E-state index is 6.16. The Morgan fingerprint density at radius 2 is 2.00 bits per heavy atom. The molecule has 1 heterocycles. The third kappa shape index (κ3) is 3.39. The van der Waals surface area contributed by atoms with Crippen LogP contribution in [0.3, 0.4) is 0 Å². The molecule has 0 saturated carbocycles. The maximum absolute atomic E-state index is 6.16. The van der Waals surface area contributed by atoms with Gasteiger partial charge in [0.1, 0.15) is 5.02 Å². The van der Waals surface area contributed by atoms with E-state index in [1.54, 1.807) is 6.20 Å². The second-order valence-electron chi connectivity index (χ2n) is 4.79. The minimum Gasteiger partial charge on any atom is -0.354 e. The van der Waals surface area contributed by atoms with E-state index in [1.165, 1.54) is 5.56 Å². The molecule has 5 heteroatoms. The minimum atomic E-state index is 0.424. The first-order valence-corrected chi connectivity index (χ1v) is 7.12. The van der Waals surface area contributed by atoms with Gasteiger partial charge >= 0.3 is 0 Å². The standard InChI is InChI=1S/C15H19ClN4/c1-4-17-15-18-9-12(16)14(20-15)19-13-8-6-5-7-11(13)10(2)3/h5-10H,4H2,1-3H3,(H2,17,18,19,20). The maximum Gasteiger partial charge on any atom is 0.224 e. The molecule has 0 bridgehead atoms. The second kappa shape index (κ2) is 6.57. The highest BCUT2D eigenvalue weighted by Gasteiger charge is 2.10. The molecule has 0 saturated heterocycles. The summed E-state index contributed by atoms with van der Waals surface area (Å²) in [4.78, 5) is 8.53. The molecule has 2 rings (SSSR count). The van der Waals surface area contributed by atoms with Crippen molar-refractivity contribution >= 4 is 29.1 Å². The lowest BCUT2D eigenvalue weighted by atomic mass is 10.0. The van der Waals surface area contributed by atoms with Crippen LogP contribution in [0.4, 0.5) is 17.5 Å². The predicted molar refractivity (Wildman–Crippen MR) is 85.0 cm³/mol. The predicted octanol–water partition coefficient (Wildman–Crippen LogP) is 4.43. The zero-order chi connectivity index (χ0) is 14.5. The van der Waals surface area contributed by atoms with Gasteiger partial charge in [0.25, 0.3) is 0 Å². The van der Waals surface area contributed by atoms with Crippen LogP contribution in [0.25, 0.3) is 0 Å². The fourth-order valence-corrected chi connectivity index (χ4v) is 2.08. The number of nitrogens with zero attached hydrogens (tertiary/aromatic N) is 2. The van der Waals surface area contributed by atoms with Crippen LogP contribution in [0.2, 0.25) is 5.02 Å². The van der Waals surface area contributed by atoms with E-state index in [9.17, 15) is 0 Å².